The molecule has 0 radical (unpaired) electrons. The Morgan fingerprint density at radius 2 is 2.42 bits per heavy atom. The summed E-state index contributed by atoms with van der Waals surface area (Å²) in [6.07, 6.45) is 4.82. The molecule has 0 saturated carbocycles. The molecule has 0 aromatic carbocycles. The maximum absolute atomic E-state index is 12.0. The van der Waals surface area contributed by atoms with Gasteiger partial charge >= 0.3 is 5.97 Å². The first-order valence-corrected chi connectivity index (χ1v) is 7.07. The minimum absolute atomic E-state index is 0.0232. The summed E-state index contributed by atoms with van der Waals surface area (Å²) < 4.78 is 0. The van der Waals surface area contributed by atoms with Crippen molar-refractivity contribution in [3.05, 3.63) is 22.2 Å². The van der Waals surface area contributed by atoms with Gasteiger partial charge in [-0.2, -0.15) is 0 Å². The average molecular weight is 280 g/mol. The highest BCUT2D eigenvalue weighted by Crippen LogP contribution is 2.20. The van der Waals surface area contributed by atoms with Gasteiger partial charge in [-0.25, -0.2) is 4.98 Å². The normalized spacial score (nSPS) is 19.2. The smallest absolute Gasteiger partial charge is 0.305 e. The molecule has 6 heteroatoms. The van der Waals surface area contributed by atoms with Gasteiger partial charge in [0.05, 0.1) is 17.1 Å². The fourth-order valence-corrected chi connectivity index (χ4v) is 2.83. The van der Waals surface area contributed by atoms with Gasteiger partial charge in [0.15, 0.2) is 0 Å². The first-order chi connectivity index (χ1) is 9.06. The SMILES string of the molecule is Cc1nc(/C=C/C(=O)N2CCCC2CC(=O)O)cs1. The lowest BCUT2D eigenvalue weighted by atomic mass is 10.1. The van der Waals surface area contributed by atoms with Crippen molar-refractivity contribution in [3.8, 4) is 0 Å². The molecule has 1 amide bonds. The summed E-state index contributed by atoms with van der Waals surface area (Å²) in [5.41, 5.74) is 0.768. The Morgan fingerprint density at radius 1 is 1.63 bits per heavy atom. The topological polar surface area (TPSA) is 70.5 Å². The van der Waals surface area contributed by atoms with E-state index in [1.165, 1.54) is 17.4 Å². The molecule has 19 heavy (non-hydrogen) atoms. The number of hydrogen-bond acceptors (Lipinski definition) is 4. The van der Waals surface area contributed by atoms with Gasteiger partial charge in [-0.3, -0.25) is 9.59 Å². The molecule has 1 atom stereocenters. The summed E-state index contributed by atoms with van der Waals surface area (Å²) in [5, 5.41) is 11.7. The molecule has 1 aliphatic heterocycles. The summed E-state index contributed by atoms with van der Waals surface area (Å²) in [6, 6.07) is -0.174. The van der Waals surface area contributed by atoms with E-state index < -0.39 is 5.97 Å². The highest BCUT2D eigenvalue weighted by atomic mass is 32.1. The van der Waals surface area contributed by atoms with Crippen molar-refractivity contribution in [2.24, 2.45) is 0 Å². The van der Waals surface area contributed by atoms with Gasteiger partial charge in [-0.15, -0.1) is 11.3 Å². The second kappa shape index (κ2) is 5.97. The van der Waals surface area contributed by atoms with Crippen LogP contribution in [0.2, 0.25) is 0 Å². The van der Waals surface area contributed by atoms with E-state index in [1.807, 2.05) is 12.3 Å². The zero-order valence-electron chi connectivity index (χ0n) is 10.7. The monoisotopic (exact) mass is 280 g/mol. The van der Waals surface area contributed by atoms with Crippen LogP contribution in [0.15, 0.2) is 11.5 Å². The number of amides is 1. The largest absolute Gasteiger partial charge is 0.481 e. The molecule has 2 heterocycles. The Kier molecular flexibility index (Phi) is 4.31. The van der Waals surface area contributed by atoms with Gasteiger partial charge in [0.1, 0.15) is 0 Å². The van der Waals surface area contributed by atoms with E-state index in [2.05, 4.69) is 4.98 Å². The van der Waals surface area contributed by atoms with E-state index in [0.717, 1.165) is 23.5 Å². The van der Waals surface area contributed by atoms with Crippen molar-refractivity contribution in [2.45, 2.75) is 32.2 Å². The molecular formula is C13H16N2O3S. The molecule has 1 aromatic rings. The van der Waals surface area contributed by atoms with Gasteiger partial charge in [0.2, 0.25) is 5.91 Å². The number of aromatic nitrogens is 1. The van der Waals surface area contributed by atoms with E-state index in [9.17, 15) is 9.59 Å². The van der Waals surface area contributed by atoms with Crippen molar-refractivity contribution >= 4 is 29.3 Å². The van der Waals surface area contributed by atoms with E-state index in [-0.39, 0.29) is 18.4 Å². The van der Waals surface area contributed by atoms with Gasteiger partial charge in [-0.05, 0) is 25.8 Å². The standard InChI is InChI=1S/C13H16N2O3S/c1-9-14-10(8-19-9)4-5-12(16)15-6-2-3-11(15)7-13(17)18/h4-5,8,11H,2-3,6-7H2,1H3,(H,17,18)/b5-4+. The number of carboxylic acid groups (broad SMARTS) is 1. The Balaban J connectivity index is 1.98. The molecular weight excluding hydrogens is 264 g/mol. The molecule has 2 rings (SSSR count). The van der Waals surface area contributed by atoms with Gasteiger partial charge in [-0.1, -0.05) is 0 Å². The molecule has 1 saturated heterocycles. The van der Waals surface area contributed by atoms with Crippen LogP contribution in [0.3, 0.4) is 0 Å². The Hall–Kier alpha value is -1.69. The minimum atomic E-state index is -0.858. The van der Waals surface area contributed by atoms with E-state index in [1.54, 1.807) is 11.0 Å². The van der Waals surface area contributed by atoms with Crippen molar-refractivity contribution in [2.75, 3.05) is 6.54 Å². The zero-order chi connectivity index (χ0) is 13.8. The predicted octanol–water partition coefficient (Wildman–Crippen LogP) is 1.93. The number of rotatable bonds is 4. The molecule has 1 aromatic heterocycles. The van der Waals surface area contributed by atoms with Crippen LogP contribution in [0, 0.1) is 6.92 Å². The molecule has 1 N–H and O–H groups in total. The van der Waals surface area contributed by atoms with Crippen LogP contribution in [0.25, 0.3) is 6.08 Å². The lowest BCUT2D eigenvalue weighted by Gasteiger charge is -2.21. The van der Waals surface area contributed by atoms with Crippen molar-refractivity contribution in [1.82, 2.24) is 9.88 Å². The lowest BCUT2D eigenvalue weighted by Crippen LogP contribution is -2.35. The molecule has 102 valence electrons. The van der Waals surface area contributed by atoms with Gasteiger partial charge < -0.3 is 10.0 Å². The predicted molar refractivity (Wildman–Crippen MR) is 72.9 cm³/mol. The maximum Gasteiger partial charge on any atom is 0.305 e. The summed E-state index contributed by atoms with van der Waals surface area (Å²) in [4.78, 5) is 28.7. The second-order valence-corrected chi connectivity index (χ2v) is 5.61. The molecule has 1 aliphatic rings. The Bertz CT molecular complexity index is 510. The third kappa shape index (κ3) is 3.64. The van der Waals surface area contributed by atoms with Crippen molar-refractivity contribution < 1.29 is 14.7 Å². The quantitative estimate of drug-likeness (QED) is 0.856. The Morgan fingerprint density at radius 3 is 3.05 bits per heavy atom. The van der Waals surface area contributed by atoms with Crippen LogP contribution >= 0.6 is 11.3 Å². The van der Waals surface area contributed by atoms with Crippen molar-refractivity contribution in [3.63, 3.8) is 0 Å². The van der Waals surface area contributed by atoms with E-state index >= 15 is 0 Å². The molecule has 5 nitrogen and oxygen atoms in total. The Labute approximate surface area is 115 Å². The summed E-state index contributed by atoms with van der Waals surface area (Å²) in [6.45, 7) is 2.55. The minimum Gasteiger partial charge on any atom is -0.481 e. The number of thiazole rings is 1. The van der Waals surface area contributed by atoms with Crippen LogP contribution in [0.1, 0.15) is 30.0 Å². The number of carbonyl (C=O) groups is 2. The lowest BCUT2D eigenvalue weighted by molar-refractivity contribution is -0.139. The molecule has 0 bridgehead atoms. The van der Waals surface area contributed by atoms with Crippen molar-refractivity contribution in [1.29, 1.82) is 0 Å². The number of carbonyl (C=O) groups excluding carboxylic acids is 1. The number of aryl methyl sites for hydroxylation is 1. The third-order valence-electron chi connectivity index (χ3n) is 3.10. The molecule has 0 aliphatic carbocycles. The number of hydrogen-bond donors (Lipinski definition) is 1. The number of aliphatic carboxylic acids is 1. The first kappa shape index (κ1) is 13.7. The number of nitrogens with zero attached hydrogens (tertiary/aromatic N) is 2. The van der Waals surface area contributed by atoms with Crippen LogP contribution in [0.4, 0.5) is 0 Å². The third-order valence-corrected chi connectivity index (χ3v) is 3.90. The fourth-order valence-electron chi connectivity index (χ4n) is 2.25. The number of likely N-dealkylation sites (tertiary alicyclic amines) is 1. The van der Waals surface area contributed by atoms with Crippen LogP contribution < -0.4 is 0 Å². The first-order valence-electron chi connectivity index (χ1n) is 6.19. The summed E-state index contributed by atoms with van der Waals surface area (Å²) in [5.74, 6) is -0.988. The van der Waals surface area contributed by atoms with Crippen LogP contribution in [0.5, 0.6) is 0 Å². The van der Waals surface area contributed by atoms with E-state index in [0.29, 0.717) is 6.54 Å². The second-order valence-electron chi connectivity index (χ2n) is 4.55. The number of carboxylic acids is 1. The van der Waals surface area contributed by atoms with Gasteiger partial charge in [0, 0.05) is 24.0 Å². The average Bonchev–Trinajstić information content (AvgIpc) is 2.94. The maximum atomic E-state index is 12.0. The van der Waals surface area contributed by atoms with Crippen LogP contribution in [-0.4, -0.2) is 39.5 Å². The molecule has 1 unspecified atom stereocenters. The van der Waals surface area contributed by atoms with Crippen LogP contribution in [-0.2, 0) is 9.59 Å². The highest BCUT2D eigenvalue weighted by molar-refractivity contribution is 7.09. The summed E-state index contributed by atoms with van der Waals surface area (Å²) in [7, 11) is 0. The molecule has 1 fully saturated rings. The zero-order valence-corrected chi connectivity index (χ0v) is 11.5. The summed E-state index contributed by atoms with van der Waals surface area (Å²) >= 11 is 1.53. The fraction of sp³-hybridized carbons (Fsp3) is 0.462. The van der Waals surface area contributed by atoms with E-state index in [4.69, 9.17) is 5.11 Å². The van der Waals surface area contributed by atoms with Gasteiger partial charge in [0.25, 0.3) is 0 Å². The highest BCUT2D eigenvalue weighted by Gasteiger charge is 2.28. The molecule has 0 spiro atoms.